The number of nitrogens with one attached hydrogen (secondary N) is 1. The lowest BCUT2D eigenvalue weighted by Crippen LogP contribution is -2.34. The molecule has 2 aliphatic heterocycles. The van der Waals surface area contributed by atoms with Gasteiger partial charge in [-0.05, 0) is 31.3 Å². The van der Waals surface area contributed by atoms with E-state index in [9.17, 15) is 0 Å². The Morgan fingerprint density at radius 3 is 2.83 bits per heavy atom. The second-order valence-corrected chi connectivity index (χ2v) is 5.43. The molecule has 0 amide bonds. The smallest absolute Gasteiger partial charge is 0.230 e. The molecule has 0 bridgehead atoms. The molecule has 3 heterocycles. The van der Waals surface area contributed by atoms with E-state index in [1.54, 1.807) is 0 Å². The summed E-state index contributed by atoms with van der Waals surface area (Å²) in [7, 11) is 0. The van der Waals surface area contributed by atoms with E-state index in [-0.39, 0.29) is 0 Å². The first kappa shape index (κ1) is 12.1. The summed E-state index contributed by atoms with van der Waals surface area (Å²) >= 11 is 0. The molecule has 1 aromatic rings. The van der Waals surface area contributed by atoms with Gasteiger partial charge in [0, 0.05) is 19.0 Å². The van der Waals surface area contributed by atoms with Crippen LogP contribution in [0.3, 0.4) is 0 Å². The van der Waals surface area contributed by atoms with Gasteiger partial charge in [-0.2, -0.15) is 0 Å². The van der Waals surface area contributed by atoms with Gasteiger partial charge in [-0.15, -0.1) is 10.2 Å². The Hall–Kier alpha value is -0.940. The number of aryl methyl sites for hydroxylation is 1. The van der Waals surface area contributed by atoms with Crippen molar-refractivity contribution in [3.63, 3.8) is 0 Å². The van der Waals surface area contributed by atoms with E-state index in [0.717, 1.165) is 36.6 Å². The summed E-state index contributed by atoms with van der Waals surface area (Å²) in [5.41, 5.74) is 0. The second-order valence-electron chi connectivity index (χ2n) is 5.43. The lowest BCUT2D eigenvalue weighted by Gasteiger charge is -2.25. The fraction of sp³-hybridized carbons (Fsp3) is 0.846. The highest BCUT2D eigenvalue weighted by molar-refractivity contribution is 4.99. The van der Waals surface area contributed by atoms with Crippen LogP contribution in [-0.4, -0.2) is 40.8 Å². The van der Waals surface area contributed by atoms with Gasteiger partial charge < -0.3 is 9.73 Å². The molecule has 5 heteroatoms. The minimum Gasteiger partial charge on any atom is -0.424 e. The molecule has 3 rings (SSSR count). The first-order valence-electron chi connectivity index (χ1n) is 7.07. The predicted octanol–water partition coefficient (Wildman–Crippen LogP) is 1.06. The third-order valence-corrected chi connectivity index (χ3v) is 4.39. The van der Waals surface area contributed by atoms with E-state index < -0.39 is 0 Å². The molecule has 3 atom stereocenters. The largest absolute Gasteiger partial charge is 0.424 e. The van der Waals surface area contributed by atoms with Gasteiger partial charge in [0.15, 0.2) is 0 Å². The molecule has 1 N–H and O–H groups in total. The van der Waals surface area contributed by atoms with Gasteiger partial charge in [-0.25, -0.2) is 0 Å². The monoisotopic (exact) mass is 250 g/mol. The van der Waals surface area contributed by atoms with Crippen LogP contribution in [0.2, 0.25) is 0 Å². The number of likely N-dealkylation sites (tertiary alicyclic amines) is 1. The highest BCUT2D eigenvalue weighted by Crippen LogP contribution is 2.34. The summed E-state index contributed by atoms with van der Waals surface area (Å²) in [6.45, 7) is 8.64. The number of hydrogen-bond acceptors (Lipinski definition) is 5. The van der Waals surface area contributed by atoms with Crippen molar-refractivity contribution in [1.82, 2.24) is 20.4 Å². The van der Waals surface area contributed by atoms with Crippen LogP contribution in [0.25, 0.3) is 0 Å². The van der Waals surface area contributed by atoms with Crippen molar-refractivity contribution in [1.29, 1.82) is 0 Å². The molecule has 0 saturated carbocycles. The van der Waals surface area contributed by atoms with Crippen molar-refractivity contribution in [3.8, 4) is 0 Å². The number of fused-ring (bicyclic) bond motifs is 1. The van der Waals surface area contributed by atoms with Crippen molar-refractivity contribution in [3.05, 3.63) is 11.8 Å². The standard InChI is InChI=1S/C13H22N4O/c1-3-11-10-6-14-5-9(10)7-17(11)8-13-16-15-12(4-2)18-13/h9-11,14H,3-8H2,1-2H3. The Balaban J connectivity index is 1.68. The van der Waals surface area contributed by atoms with Crippen LogP contribution >= 0.6 is 0 Å². The third kappa shape index (κ3) is 2.06. The van der Waals surface area contributed by atoms with Gasteiger partial charge in [-0.3, -0.25) is 4.90 Å². The van der Waals surface area contributed by atoms with Crippen molar-refractivity contribution < 1.29 is 4.42 Å². The van der Waals surface area contributed by atoms with E-state index >= 15 is 0 Å². The second kappa shape index (κ2) is 4.97. The van der Waals surface area contributed by atoms with Crippen LogP contribution in [0.15, 0.2) is 4.42 Å². The lowest BCUT2D eigenvalue weighted by atomic mass is 9.93. The Bertz CT molecular complexity index is 405. The summed E-state index contributed by atoms with van der Waals surface area (Å²) in [5, 5.41) is 11.7. The first-order valence-corrected chi connectivity index (χ1v) is 7.07. The Morgan fingerprint density at radius 2 is 2.11 bits per heavy atom. The van der Waals surface area contributed by atoms with Crippen LogP contribution in [0, 0.1) is 11.8 Å². The molecule has 2 aliphatic rings. The summed E-state index contributed by atoms with van der Waals surface area (Å²) in [4.78, 5) is 2.53. The molecule has 2 saturated heterocycles. The summed E-state index contributed by atoms with van der Waals surface area (Å²) in [6, 6.07) is 0.668. The fourth-order valence-corrected chi connectivity index (χ4v) is 3.52. The van der Waals surface area contributed by atoms with Crippen LogP contribution < -0.4 is 5.32 Å². The maximum atomic E-state index is 5.63. The van der Waals surface area contributed by atoms with Gasteiger partial charge in [-0.1, -0.05) is 13.8 Å². The normalized spacial score (nSPS) is 32.0. The molecule has 1 aromatic heterocycles. The number of hydrogen-bond donors (Lipinski definition) is 1. The first-order chi connectivity index (χ1) is 8.81. The fourth-order valence-electron chi connectivity index (χ4n) is 3.52. The van der Waals surface area contributed by atoms with Crippen molar-refractivity contribution in [2.24, 2.45) is 11.8 Å². The Morgan fingerprint density at radius 1 is 1.28 bits per heavy atom. The van der Waals surface area contributed by atoms with Crippen LogP contribution in [0.1, 0.15) is 32.0 Å². The van der Waals surface area contributed by atoms with E-state index in [1.165, 1.54) is 26.1 Å². The van der Waals surface area contributed by atoms with Crippen molar-refractivity contribution in [2.45, 2.75) is 39.3 Å². The summed E-state index contributed by atoms with van der Waals surface area (Å²) in [5.74, 6) is 3.14. The molecule has 0 spiro atoms. The lowest BCUT2D eigenvalue weighted by molar-refractivity contribution is 0.191. The quantitative estimate of drug-likeness (QED) is 0.866. The number of rotatable bonds is 4. The molecule has 0 radical (unpaired) electrons. The molecular weight excluding hydrogens is 228 g/mol. The number of aromatic nitrogens is 2. The highest BCUT2D eigenvalue weighted by atomic mass is 16.4. The van der Waals surface area contributed by atoms with Gasteiger partial charge >= 0.3 is 0 Å². The van der Waals surface area contributed by atoms with E-state index in [0.29, 0.717) is 6.04 Å². The maximum Gasteiger partial charge on any atom is 0.230 e. The van der Waals surface area contributed by atoms with Crippen LogP contribution in [0.4, 0.5) is 0 Å². The van der Waals surface area contributed by atoms with Crippen LogP contribution in [0.5, 0.6) is 0 Å². The predicted molar refractivity (Wildman–Crippen MR) is 68.0 cm³/mol. The summed E-state index contributed by atoms with van der Waals surface area (Å²) in [6.07, 6.45) is 2.02. The third-order valence-electron chi connectivity index (χ3n) is 4.39. The average molecular weight is 250 g/mol. The van der Waals surface area contributed by atoms with Gasteiger partial charge in [0.25, 0.3) is 0 Å². The zero-order valence-corrected chi connectivity index (χ0v) is 11.2. The molecule has 5 nitrogen and oxygen atoms in total. The SMILES string of the molecule is CCc1nnc(CN2CC3CNCC3C2CC)o1. The van der Waals surface area contributed by atoms with E-state index in [4.69, 9.17) is 4.42 Å². The molecule has 3 unspecified atom stereocenters. The molecular formula is C13H22N4O. The van der Waals surface area contributed by atoms with Gasteiger partial charge in [0.2, 0.25) is 11.8 Å². The zero-order chi connectivity index (χ0) is 12.5. The Kier molecular flexibility index (Phi) is 3.35. The van der Waals surface area contributed by atoms with Gasteiger partial charge in [0.05, 0.1) is 6.54 Å². The molecule has 0 aliphatic carbocycles. The molecule has 100 valence electrons. The molecule has 0 aromatic carbocycles. The minimum atomic E-state index is 0.668. The van der Waals surface area contributed by atoms with Gasteiger partial charge in [0.1, 0.15) is 0 Å². The topological polar surface area (TPSA) is 54.2 Å². The van der Waals surface area contributed by atoms with E-state index in [2.05, 4.69) is 27.3 Å². The average Bonchev–Trinajstić information content (AvgIpc) is 3.04. The maximum absolute atomic E-state index is 5.63. The minimum absolute atomic E-state index is 0.668. The Labute approximate surface area is 108 Å². The number of nitrogens with zero attached hydrogens (tertiary/aromatic N) is 3. The molecule has 2 fully saturated rings. The van der Waals surface area contributed by atoms with Crippen LogP contribution in [-0.2, 0) is 13.0 Å². The molecule has 18 heavy (non-hydrogen) atoms. The van der Waals surface area contributed by atoms with Crippen molar-refractivity contribution >= 4 is 0 Å². The summed E-state index contributed by atoms with van der Waals surface area (Å²) < 4.78 is 5.63. The zero-order valence-electron chi connectivity index (χ0n) is 11.2. The highest BCUT2D eigenvalue weighted by Gasteiger charge is 2.43. The van der Waals surface area contributed by atoms with E-state index in [1.807, 2.05) is 6.92 Å². The van der Waals surface area contributed by atoms with Crippen molar-refractivity contribution in [2.75, 3.05) is 19.6 Å².